The number of rotatable bonds is 10. The summed E-state index contributed by atoms with van der Waals surface area (Å²) in [6, 6.07) is 37.4. The quantitative estimate of drug-likeness (QED) is 0.331. The maximum atomic E-state index is 11.5. The molecule has 0 fully saturated rings. The third-order valence-electron chi connectivity index (χ3n) is 5.67. The normalized spacial score (nSPS) is 12.0. The highest BCUT2D eigenvalue weighted by Crippen LogP contribution is 2.43. The van der Waals surface area contributed by atoms with Crippen molar-refractivity contribution < 1.29 is 14.6 Å². The van der Waals surface area contributed by atoms with E-state index in [9.17, 15) is 5.11 Å². The molecular weight excluding hydrogens is 458 g/mol. The minimum absolute atomic E-state index is 0.479. The Morgan fingerprint density at radius 3 is 1.38 bits per heavy atom. The maximum Gasteiger partial charge on any atom is 0.126 e. The molecule has 0 aromatic heterocycles. The first kappa shape index (κ1) is 24.4. The molecule has 0 heterocycles. The molecule has 1 atom stereocenters. The smallest absolute Gasteiger partial charge is 0.126 e. The molecule has 5 heteroatoms. The van der Waals surface area contributed by atoms with Gasteiger partial charge in [0, 0.05) is 22.9 Å². The van der Waals surface area contributed by atoms with Gasteiger partial charge in [0.15, 0.2) is 0 Å². The van der Waals surface area contributed by atoms with Crippen LogP contribution < -0.4 is 30.7 Å². The second kappa shape index (κ2) is 12.1. The first-order valence-corrected chi connectivity index (χ1v) is 14.4. The molecule has 0 spiro atoms. The molecule has 0 aliphatic carbocycles. The van der Waals surface area contributed by atoms with Gasteiger partial charge in [0.25, 0.3) is 0 Å². The van der Waals surface area contributed by atoms with E-state index >= 15 is 0 Å². The van der Waals surface area contributed by atoms with Crippen LogP contribution in [0.2, 0.25) is 0 Å². The second-order valence-electron chi connectivity index (χ2n) is 7.89. The highest BCUT2D eigenvalue weighted by atomic mass is 31.1. The second-order valence-corrected chi connectivity index (χ2v) is 12.3. The van der Waals surface area contributed by atoms with E-state index in [2.05, 4.69) is 60.7 Å². The Morgan fingerprint density at radius 2 is 0.941 bits per heavy atom. The van der Waals surface area contributed by atoms with Crippen LogP contribution in [0.3, 0.4) is 0 Å². The number of methoxy groups -OCH3 is 2. The fourth-order valence-corrected chi connectivity index (χ4v) is 9.22. The van der Waals surface area contributed by atoms with Crippen LogP contribution in [0.15, 0.2) is 109 Å². The predicted molar refractivity (Wildman–Crippen MR) is 147 cm³/mol. The first-order chi connectivity index (χ1) is 16.7. The standard InChI is InChI=1S/C29H30O3P2/c1-31-26-17-9-11-19-28(26)34(29-20-12-10-18-27(29)32-2)22-23(30)21-33(24-13-5-3-6-14-24)25-15-7-4-8-16-25/h3-20,23,30H,21-22H2,1-2H3/t23-/m0/s1. The van der Waals surface area contributed by atoms with E-state index in [-0.39, 0.29) is 0 Å². The molecule has 0 amide bonds. The summed E-state index contributed by atoms with van der Waals surface area (Å²) in [5.41, 5.74) is 0. The number of aliphatic hydroxyl groups is 1. The lowest BCUT2D eigenvalue weighted by Gasteiger charge is -2.27. The Hall–Kier alpha value is -2.70. The predicted octanol–water partition coefficient (Wildman–Crippen LogP) is 4.63. The van der Waals surface area contributed by atoms with Gasteiger partial charge in [-0.05, 0) is 38.6 Å². The molecule has 4 rings (SSSR count). The number of hydrogen-bond donors (Lipinski definition) is 1. The molecule has 4 aromatic carbocycles. The molecule has 0 radical (unpaired) electrons. The van der Waals surface area contributed by atoms with Crippen molar-refractivity contribution in [1.82, 2.24) is 0 Å². The summed E-state index contributed by atoms with van der Waals surface area (Å²) in [5.74, 6) is 1.69. The van der Waals surface area contributed by atoms with Gasteiger partial charge in [0.05, 0.1) is 20.3 Å². The van der Waals surface area contributed by atoms with E-state index in [1.165, 1.54) is 10.6 Å². The summed E-state index contributed by atoms with van der Waals surface area (Å²) in [4.78, 5) is 0. The zero-order chi connectivity index (χ0) is 23.8. The van der Waals surface area contributed by atoms with Gasteiger partial charge >= 0.3 is 0 Å². The largest absolute Gasteiger partial charge is 0.496 e. The van der Waals surface area contributed by atoms with E-state index in [4.69, 9.17) is 9.47 Å². The van der Waals surface area contributed by atoms with Gasteiger partial charge in [-0.25, -0.2) is 0 Å². The summed E-state index contributed by atoms with van der Waals surface area (Å²) >= 11 is 0. The van der Waals surface area contributed by atoms with E-state index in [0.717, 1.165) is 22.1 Å². The molecule has 1 N–H and O–H groups in total. The third kappa shape index (κ3) is 5.86. The van der Waals surface area contributed by atoms with Crippen LogP contribution in [0.25, 0.3) is 0 Å². The summed E-state index contributed by atoms with van der Waals surface area (Å²) < 4.78 is 11.4. The SMILES string of the molecule is COc1ccccc1P(C[C@@H](O)CP(c1ccccc1)c1ccccc1)c1ccccc1OC. The number of hydrogen-bond acceptors (Lipinski definition) is 3. The number of aliphatic hydroxyl groups excluding tert-OH is 1. The highest BCUT2D eigenvalue weighted by molar-refractivity contribution is 7.74. The topological polar surface area (TPSA) is 38.7 Å². The van der Waals surface area contributed by atoms with Crippen molar-refractivity contribution in [3.05, 3.63) is 109 Å². The Labute approximate surface area is 204 Å². The molecule has 0 saturated carbocycles. The van der Waals surface area contributed by atoms with Gasteiger partial charge in [-0.2, -0.15) is 0 Å². The van der Waals surface area contributed by atoms with Crippen molar-refractivity contribution in [2.24, 2.45) is 0 Å². The fraction of sp³-hybridized carbons (Fsp3) is 0.172. The lowest BCUT2D eigenvalue weighted by Crippen LogP contribution is -2.28. The van der Waals surface area contributed by atoms with E-state index in [1.54, 1.807) is 14.2 Å². The van der Waals surface area contributed by atoms with Crippen LogP contribution >= 0.6 is 15.8 Å². The molecule has 4 aromatic rings. The van der Waals surface area contributed by atoms with E-state index in [0.29, 0.717) is 12.3 Å². The first-order valence-electron chi connectivity index (χ1n) is 11.3. The van der Waals surface area contributed by atoms with Gasteiger partial charge in [-0.3, -0.25) is 0 Å². The van der Waals surface area contributed by atoms with Crippen molar-refractivity contribution in [2.45, 2.75) is 6.10 Å². The number of benzene rings is 4. The molecule has 3 nitrogen and oxygen atoms in total. The van der Waals surface area contributed by atoms with E-state index in [1.807, 2.05) is 48.5 Å². The summed E-state index contributed by atoms with van der Waals surface area (Å²) in [6.45, 7) is 0. The van der Waals surface area contributed by atoms with Crippen molar-refractivity contribution in [3.8, 4) is 11.5 Å². The average molecular weight is 489 g/mol. The minimum atomic E-state index is -0.902. The van der Waals surface area contributed by atoms with Crippen molar-refractivity contribution in [3.63, 3.8) is 0 Å². The van der Waals surface area contributed by atoms with Crippen LogP contribution in [-0.4, -0.2) is 37.8 Å². The molecule has 174 valence electrons. The lowest BCUT2D eigenvalue weighted by atomic mass is 10.3. The Kier molecular flexibility index (Phi) is 8.72. The van der Waals surface area contributed by atoms with Crippen molar-refractivity contribution >= 4 is 37.1 Å². The maximum absolute atomic E-state index is 11.5. The highest BCUT2D eigenvalue weighted by Gasteiger charge is 2.26. The van der Waals surface area contributed by atoms with Crippen molar-refractivity contribution in [1.29, 1.82) is 0 Å². The van der Waals surface area contributed by atoms with Crippen LogP contribution in [0.5, 0.6) is 11.5 Å². The fourth-order valence-electron chi connectivity index (χ4n) is 4.09. The zero-order valence-corrected chi connectivity index (χ0v) is 21.3. The van der Waals surface area contributed by atoms with Crippen molar-refractivity contribution in [2.75, 3.05) is 26.5 Å². The average Bonchev–Trinajstić information content (AvgIpc) is 2.91. The summed E-state index contributed by atoms with van der Waals surface area (Å²) in [7, 11) is 1.82. The monoisotopic (exact) mass is 488 g/mol. The molecule has 0 aliphatic heterocycles. The molecular formula is C29H30O3P2. The van der Waals surface area contributed by atoms with Crippen LogP contribution in [0, 0.1) is 0 Å². The molecule has 0 bridgehead atoms. The molecule has 34 heavy (non-hydrogen) atoms. The molecule has 0 unspecified atom stereocenters. The number of ether oxygens (including phenoxy) is 2. The lowest BCUT2D eigenvalue weighted by molar-refractivity contribution is 0.223. The van der Waals surface area contributed by atoms with Gasteiger partial charge in [-0.1, -0.05) is 97.1 Å². The van der Waals surface area contributed by atoms with Crippen LogP contribution in [0.4, 0.5) is 0 Å². The Bertz CT molecular complexity index is 1080. The molecule has 0 aliphatic rings. The minimum Gasteiger partial charge on any atom is -0.496 e. The van der Waals surface area contributed by atoms with Gasteiger partial charge < -0.3 is 14.6 Å². The molecule has 0 saturated heterocycles. The summed E-state index contributed by atoms with van der Waals surface area (Å²) in [6.07, 6.45) is 0.855. The Morgan fingerprint density at radius 1 is 0.559 bits per heavy atom. The Balaban J connectivity index is 1.68. The van der Waals surface area contributed by atoms with Crippen LogP contribution in [0.1, 0.15) is 0 Å². The van der Waals surface area contributed by atoms with E-state index < -0.39 is 21.9 Å². The zero-order valence-electron chi connectivity index (χ0n) is 19.5. The summed E-state index contributed by atoms with van der Waals surface area (Å²) in [5, 5.41) is 16.3. The third-order valence-corrected chi connectivity index (χ3v) is 11.0. The van der Waals surface area contributed by atoms with Gasteiger partial charge in [-0.15, -0.1) is 0 Å². The number of para-hydroxylation sites is 2. The van der Waals surface area contributed by atoms with Gasteiger partial charge in [0.2, 0.25) is 0 Å². The van der Waals surface area contributed by atoms with Gasteiger partial charge in [0.1, 0.15) is 11.5 Å². The van der Waals surface area contributed by atoms with Crippen LogP contribution in [-0.2, 0) is 0 Å².